The lowest BCUT2D eigenvalue weighted by Crippen LogP contribution is -2.46. The number of primary sulfonamides is 1. The zero-order chi connectivity index (χ0) is 16.4. The number of nitrogens with two attached hydrogens (primary N) is 1. The third-order valence-corrected chi connectivity index (χ3v) is 5.35. The number of piperazine rings is 1. The van der Waals surface area contributed by atoms with Crippen LogP contribution in [-0.4, -0.2) is 28.1 Å². The summed E-state index contributed by atoms with van der Waals surface area (Å²) in [4.78, 5) is 2.45. The maximum Gasteiger partial charge on any atom is 0.238 e. The molecular formula is C17H21N3O2S. The van der Waals surface area contributed by atoms with E-state index in [1.807, 2.05) is 31.2 Å². The lowest BCUT2D eigenvalue weighted by Gasteiger charge is -2.39. The van der Waals surface area contributed by atoms with Gasteiger partial charge in [-0.3, -0.25) is 0 Å². The Kier molecular flexibility index (Phi) is 4.39. The van der Waals surface area contributed by atoms with E-state index in [9.17, 15) is 8.42 Å². The first-order chi connectivity index (χ1) is 11.0. The van der Waals surface area contributed by atoms with Crippen LogP contribution >= 0.6 is 0 Å². The Bertz CT molecular complexity index is 791. The van der Waals surface area contributed by atoms with Crippen LogP contribution in [0.1, 0.15) is 17.2 Å². The maximum atomic E-state index is 11.8. The highest BCUT2D eigenvalue weighted by Crippen LogP contribution is 2.33. The van der Waals surface area contributed by atoms with Crippen LogP contribution in [0, 0.1) is 6.92 Å². The van der Waals surface area contributed by atoms with Crippen molar-refractivity contribution in [2.75, 3.05) is 24.5 Å². The van der Waals surface area contributed by atoms with Crippen molar-refractivity contribution in [3.63, 3.8) is 0 Å². The number of rotatable bonds is 3. The number of hydrogen-bond donors (Lipinski definition) is 2. The Hall–Kier alpha value is -1.89. The molecule has 1 aliphatic heterocycles. The summed E-state index contributed by atoms with van der Waals surface area (Å²) < 4.78 is 23.6. The summed E-state index contributed by atoms with van der Waals surface area (Å²) >= 11 is 0. The highest BCUT2D eigenvalue weighted by Gasteiger charge is 2.26. The number of hydrogen-bond acceptors (Lipinski definition) is 4. The Labute approximate surface area is 137 Å². The van der Waals surface area contributed by atoms with E-state index in [0.29, 0.717) is 5.56 Å². The molecule has 2 aromatic carbocycles. The molecule has 1 aliphatic rings. The number of anilines is 1. The molecule has 0 aromatic heterocycles. The molecule has 1 saturated heterocycles. The Morgan fingerprint density at radius 2 is 1.87 bits per heavy atom. The second-order valence-electron chi connectivity index (χ2n) is 5.77. The molecule has 122 valence electrons. The van der Waals surface area contributed by atoms with Crippen molar-refractivity contribution in [3.05, 3.63) is 59.7 Å². The molecule has 23 heavy (non-hydrogen) atoms. The third-order valence-electron chi connectivity index (χ3n) is 4.30. The van der Waals surface area contributed by atoms with Crippen molar-refractivity contribution < 1.29 is 8.42 Å². The molecule has 0 radical (unpaired) electrons. The summed E-state index contributed by atoms with van der Waals surface area (Å²) in [6, 6.07) is 15.7. The molecule has 0 aliphatic carbocycles. The number of sulfonamides is 1. The molecular weight excluding hydrogens is 310 g/mol. The van der Waals surface area contributed by atoms with Gasteiger partial charge in [0, 0.05) is 25.3 Å². The van der Waals surface area contributed by atoms with E-state index < -0.39 is 10.0 Å². The normalized spacial score (nSPS) is 18.9. The molecule has 3 rings (SSSR count). The molecule has 1 atom stereocenters. The summed E-state index contributed by atoms with van der Waals surface area (Å²) in [6.07, 6.45) is 0. The van der Waals surface area contributed by atoms with Gasteiger partial charge in [-0.25, -0.2) is 13.6 Å². The minimum atomic E-state index is -3.72. The quantitative estimate of drug-likeness (QED) is 0.899. The standard InChI is InChI=1S/C17H21N3O2S/c1-13-15(8-5-9-17(13)23(18,21)22)20-11-10-19-12-16(20)14-6-3-2-4-7-14/h2-9,16,19H,10-12H2,1H3,(H2,18,21,22). The van der Waals surface area contributed by atoms with Gasteiger partial charge in [0.15, 0.2) is 0 Å². The Morgan fingerprint density at radius 1 is 1.13 bits per heavy atom. The van der Waals surface area contributed by atoms with Gasteiger partial charge in [-0.1, -0.05) is 36.4 Å². The van der Waals surface area contributed by atoms with Crippen molar-refractivity contribution in [3.8, 4) is 0 Å². The minimum Gasteiger partial charge on any atom is -0.362 e. The molecule has 0 bridgehead atoms. The number of nitrogens with one attached hydrogen (secondary N) is 1. The van der Waals surface area contributed by atoms with Crippen molar-refractivity contribution in [1.82, 2.24) is 5.32 Å². The zero-order valence-electron chi connectivity index (χ0n) is 13.1. The fraction of sp³-hybridized carbons (Fsp3) is 0.294. The van der Waals surface area contributed by atoms with Crippen LogP contribution in [0.15, 0.2) is 53.4 Å². The van der Waals surface area contributed by atoms with E-state index >= 15 is 0 Å². The maximum absolute atomic E-state index is 11.8. The second-order valence-corrected chi connectivity index (χ2v) is 7.30. The Balaban J connectivity index is 2.05. The predicted molar refractivity (Wildman–Crippen MR) is 92.0 cm³/mol. The summed E-state index contributed by atoms with van der Waals surface area (Å²) in [5.41, 5.74) is 2.84. The molecule has 0 amide bonds. The molecule has 3 N–H and O–H groups in total. The van der Waals surface area contributed by atoms with Gasteiger partial charge >= 0.3 is 0 Å². The molecule has 1 fully saturated rings. The van der Waals surface area contributed by atoms with Crippen molar-refractivity contribution in [2.45, 2.75) is 17.9 Å². The lowest BCUT2D eigenvalue weighted by atomic mass is 10.0. The van der Waals surface area contributed by atoms with Gasteiger partial charge in [0.1, 0.15) is 0 Å². The van der Waals surface area contributed by atoms with Gasteiger partial charge in [0.25, 0.3) is 0 Å². The van der Waals surface area contributed by atoms with E-state index in [-0.39, 0.29) is 10.9 Å². The summed E-state index contributed by atoms with van der Waals surface area (Å²) in [5.74, 6) is 0. The highest BCUT2D eigenvalue weighted by molar-refractivity contribution is 7.89. The van der Waals surface area contributed by atoms with E-state index in [4.69, 9.17) is 5.14 Å². The van der Waals surface area contributed by atoms with Crippen LogP contribution in [0.5, 0.6) is 0 Å². The third kappa shape index (κ3) is 3.24. The number of benzene rings is 2. The first-order valence-corrected chi connectivity index (χ1v) is 9.18. The van der Waals surface area contributed by atoms with Gasteiger partial charge < -0.3 is 10.2 Å². The molecule has 6 heteroatoms. The minimum absolute atomic E-state index is 0.166. The van der Waals surface area contributed by atoms with Crippen LogP contribution in [0.4, 0.5) is 5.69 Å². The van der Waals surface area contributed by atoms with Crippen LogP contribution in [0.3, 0.4) is 0 Å². The first kappa shape index (κ1) is 16.0. The van der Waals surface area contributed by atoms with Crippen LogP contribution in [0.2, 0.25) is 0 Å². The molecule has 2 aromatic rings. The molecule has 5 nitrogen and oxygen atoms in total. The van der Waals surface area contributed by atoms with Gasteiger partial charge in [-0.2, -0.15) is 0 Å². The van der Waals surface area contributed by atoms with Crippen molar-refractivity contribution >= 4 is 15.7 Å². The fourth-order valence-electron chi connectivity index (χ4n) is 3.19. The van der Waals surface area contributed by atoms with Crippen molar-refractivity contribution in [2.24, 2.45) is 5.14 Å². The topological polar surface area (TPSA) is 75.4 Å². The average molecular weight is 331 g/mol. The smallest absolute Gasteiger partial charge is 0.238 e. The van der Waals surface area contributed by atoms with E-state index in [0.717, 1.165) is 25.3 Å². The SMILES string of the molecule is Cc1c(N2CCNCC2c2ccccc2)cccc1S(N)(=O)=O. The summed E-state index contributed by atoms with van der Waals surface area (Å²) in [7, 11) is -3.72. The van der Waals surface area contributed by atoms with E-state index in [1.54, 1.807) is 12.1 Å². The van der Waals surface area contributed by atoms with Crippen molar-refractivity contribution in [1.29, 1.82) is 0 Å². The average Bonchev–Trinajstić information content (AvgIpc) is 2.55. The number of nitrogens with zero attached hydrogens (tertiary/aromatic N) is 1. The molecule has 0 saturated carbocycles. The van der Waals surface area contributed by atoms with Crippen LogP contribution in [-0.2, 0) is 10.0 Å². The Morgan fingerprint density at radius 3 is 2.57 bits per heavy atom. The zero-order valence-corrected chi connectivity index (χ0v) is 13.9. The van der Waals surface area contributed by atoms with Gasteiger partial charge in [-0.05, 0) is 30.2 Å². The van der Waals surface area contributed by atoms with E-state index in [2.05, 4.69) is 22.3 Å². The largest absolute Gasteiger partial charge is 0.362 e. The lowest BCUT2D eigenvalue weighted by molar-refractivity contribution is 0.489. The fourth-order valence-corrected chi connectivity index (χ4v) is 3.99. The summed E-state index contributed by atoms with van der Waals surface area (Å²) in [6.45, 7) is 4.32. The molecule has 1 heterocycles. The monoisotopic (exact) mass is 331 g/mol. The first-order valence-electron chi connectivity index (χ1n) is 7.63. The molecule has 0 spiro atoms. The predicted octanol–water partition coefficient (Wildman–Crippen LogP) is 1.79. The van der Waals surface area contributed by atoms with Crippen LogP contribution < -0.4 is 15.4 Å². The van der Waals surface area contributed by atoms with Gasteiger partial charge in [-0.15, -0.1) is 0 Å². The molecule has 1 unspecified atom stereocenters. The highest BCUT2D eigenvalue weighted by atomic mass is 32.2. The van der Waals surface area contributed by atoms with E-state index in [1.165, 1.54) is 5.56 Å². The van der Waals surface area contributed by atoms with Gasteiger partial charge in [0.05, 0.1) is 10.9 Å². The second kappa shape index (κ2) is 6.31. The van der Waals surface area contributed by atoms with Crippen LogP contribution in [0.25, 0.3) is 0 Å². The summed E-state index contributed by atoms with van der Waals surface area (Å²) in [5, 5.41) is 8.76. The van der Waals surface area contributed by atoms with Gasteiger partial charge in [0.2, 0.25) is 10.0 Å².